The van der Waals surface area contributed by atoms with Crippen molar-refractivity contribution in [3.05, 3.63) is 21.7 Å². The monoisotopic (exact) mass is 306 g/mol. The molecule has 9 heteroatoms. The molecule has 0 saturated carbocycles. The number of rotatable bonds is 2. The molecule has 1 unspecified atom stereocenters. The van der Waals surface area contributed by atoms with E-state index in [2.05, 4.69) is 9.97 Å². The first kappa shape index (κ1) is 14.5. The van der Waals surface area contributed by atoms with Crippen LogP contribution in [-0.2, 0) is 0 Å². The highest BCUT2D eigenvalue weighted by atomic mass is 16.2. The molecule has 2 aliphatic rings. The summed E-state index contributed by atoms with van der Waals surface area (Å²) in [6.45, 7) is 2.80. The third kappa shape index (κ3) is 2.05. The quantitative estimate of drug-likeness (QED) is 0.398. The second-order valence-electron chi connectivity index (χ2n) is 5.36. The Morgan fingerprint density at radius 3 is 2.91 bits per heavy atom. The topological polar surface area (TPSA) is 124 Å². The molecule has 0 bridgehead atoms. The number of aromatic amines is 1. The van der Waals surface area contributed by atoms with Crippen LogP contribution in [0.1, 0.15) is 48.4 Å². The van der Waals surface area contributed by atoms with E-state index in [4.69, 9.17) is 5.84 Å². The van der Waals surface area contributed by atoms with E-state index in [9.17, 15) is 14.4 Å². The highest BCUT2D eigenvalue weighted by Crippen LogP contribution is 2.38. The van der Waals surface area contributed by atoms with Crippen molar-refractivity contribution in [2.24, 2.45) is 5.84 Å². The number of urea groups is 1. The minimum Gasteiger partial charge on any atom is -0.317 e. The zero-order valence-corrected chi connectivity index (χ0v) is 12.3. The molecule has 1 aromatic heterocycles. The molecule has 0 aliphatic carbocycles. The highest BCUT2D eigenvalue weighted by molar-refractivity contribution is 5.96. The summed E-state index contributed by atoms with van der Waals surface area (Å²) in [5.74, 6) is 4.45. The van der Waals surface area contributed by atoms with Crippen LogP contribution in [0.25, 0.3) is 0 Å². The summed E-state index contributed by atoms with van der Waals surface area (Å²) in [4.78, 5) is 46.4. The smallest absolute Gasteiger partial charge is 0.317 e. The number of hydrogen-bond acceptors (Lipinski definition) is 5. The summed E-state index contributed by atoms with van der Waals surface area (Å²) in [6, 6.07) is -0.442. The van der Waals surface area contributed by atoms with Crippen molar-refractivity contribution >= 4 is 17.8 Å². The maximum atomic E-state index is 12.6. The Morgan fingerprint density at radius 1 is 1.45 bits per heavy atom. The van der Waals surface area contributed by atoms with Crippen molar-refractivity contribution in [1.29, 1.82) is 0 Å². The predicted molar refractivity (Wildman–Crippen MR) is 78.2 cm³/mol. The van der Waals surface area contributed by atoms with Gasteiger partial charge in [0.25, 0.3) is 5.56 Å². The molecule has 3 heterocycles. The Labute approximate surface area is 126 Å². The van der Waals surface area contributed by atoms with Crippen molar-refractivity contribution in [2.75, 3.05) is 18.0 Å². The Bertz CT molecular complexity index is 685. The van der Waals surface area contributed by atoms with Gasteiger partial charge < -0.3 is 9.88 Å². The molecule has 0 spiro atoms. The number of aromatic nitrogens is 2. The fourth-order valence-electron chi connectivity index (χ4n) is 3.14. The molecule has 2 aliphatic heterocycles. The SMILES string of the molecule is CCN1C(=O)N2CCCCC2c2c1nc(C(=O)NN)[nH]c2=O. The summed E-state index contributed by atoms with van der Waals surface area (Å²) in [5, 5.41) is 0. The van der Waals surface area contributed by atoms with E-state index >= 15 is 0 Å². The third-order valence-electron chi connectivity index (χ3n) is 4.17. The van der Waals surface area contributed by atoms with E-state index < -0.39 is 11.5 Å². The Balaban J connectivity index is 2.19. The van der Waals surface area contributed by atoms with Crippen LogP contribution in [0.3, 0.4) is 0 Å². The van der Waals surface area contributed by atoms with Crippen LogP contribution in [0.15, 0.2) is 4.79 Å². The van der Waals surface area contributed by atoms with Crippen molar-refractivity contribution in [3.63, 3.8) is 0 Å². The number of hydrogen-bond donors (Lipinski definition) is 3. The maximum Gasteiger partial charge on any atom is 0.326 e. The Kier molecular flexibility index (Phi) is 3.57. The zero-order chi connectivity index (χ0) is 15.9. The van der Waals surface area contributed by atoms with Crippen LogP contribution in [0.4, 0.5) is 10.6 Å². The average Bonchev–Trinajstić information content (AvgIpc) is 2.54. The first-order valence-corrected chi connectivity index (χ1v) is 7.31. The lowest BCUT2D eigenvalue weighted by atomic mass is 9.94. The number of nitrogens with zero attached hydrogens (tertiary/aromatic N) is 3. The Morgan fingerprint density at radius 2 is 2.23 bits per heavy atom. The number of H-pyrrole nitrogens is 1. The van der Waals surface area contributed by atoms with Gasteiger partial charge in [0.2, 0.25) is 5.82 Å². The van der Waals surface area contributed by atoms with Crippen LogP contribution in [0.2, 0.25) is 0 Å². The van der Waals surface area contributed by atoms with Crippen LogP contribution in [0.5, 0.6) is 0 Å². The van der Waals surface area contributed by atoms with Gasteiger partial charge in [-0.05, 0) is 26.2 Å². The van der Waals surface area contributed by atoms with Crippen LogP contribution in [-0.4, -0.2) is 39.9 Å². The second-order valence-corrected chi connectivity index (χ2v) is 5.36. The number of nitrogens with two attached hydrogens (primary N) is 1. The number of nitrogen functional groups attached to an aromatic ring is 1. The van der Waals surface area contributed by atoms with Gasteiger partial charge >= 0.3 is 11.9 Å². The van der Waals surface area contributed by atoms with Crippen molar-refractivity contribution < 1.29 is 9.59 Å². The minimum absolute atomic E-state index is 0.170. The van der Waals surface area contributed by atoms with Crippen LogP contribution in [0, 0.1) is 0 Å². The van der Waals surface area contributed by atoms with Gasteiger partial charge in [0, 0.05) is 13.1 Å². The minimum atomic E-state index is -0.700. The molecule has 1 atom stereocenters. The van der Waals surface area contributed by atoms with Crippen molar-refractivity contribution in [3.8, 4) is 0 Å². The molecule has 3 rings (SSSR count). The standard InChI is InChI=1S/C13H18N6O3/c1-2-18-10-8(7-5-3-4-6-19(7)13(18)22)11(20)16-9(15-10)12(21)17-14/h7H,2-6,14H2,1H3,(H,17,21)(H,15,16,20). The predicted octanol–water partition coefficient (Wildman–Crippen LogP) is -0.140. The van der Waals surface area contributed by atoms with E-state index in [1.54, 1.807) is 11.8 Å². The number of carbonyl (C=O) groups excluding carboxylic acids is 2. The summed E-state index contributed by atoms with van der Waals surface area (Å²) in [5.41, 5.74) is 1.99. The normalized spacial score (nSPS) is 20.5. The van der Waals surface area contributed by atoms with Gasteiger partial charge in [0.1, 0.15) is 5.82 Å². The fraction of sp³-hybridized carbons (Fsp3) is 0.538. The van der Waals surface area contributed by atoms with Gasteiger partial charge in [-0.2, -0.15) is 0 Å². The summed E-state index contributed by atoms with van der Waals surface area (Å²) in [6.07, 6.45) is 2.60. The van der Waals surface area contributed by atoms with E-state index in [0.29, 0.717) is 18.7 Å². The van der Waals surface area contributed by atoms with Gasteiger partial charge in [-0.15, -0.1) is 0 Å². The van der Waals surface area contributed by atoms with Crippen molar-refractivity contribution in [1.82, 2.24) is 20.3 Å². The molecule has 4 N–H and O–H groups in total. The number of anilines is 1. The molecule has 9 nitrogen and oxygen atoms in total. The summed E-state index contributed by atoms with van der Waals surface area (Å²) in [7, 11) is 0. The third-order valence-corrected chi connectivity index (χ3v) is 4.17. The fourth-order valence-corrected chi connectivity index (χ4v) is 3.14. The number of amides is 3. The molecule has 1 fully saturated rings. The lowest BCUT2D eigenvalue weighted by Gasteiger charge is -2.43. The molecule has 1 aromatic rings. The lowest BCUT2D eigenvalue weighted by molar-refractivity contribution is 0.0941. The van der Waals surface area contributed by atoms with E-state index in [1.807, 2.05) is 5.43 Å². The first-order valence-electron chi connectivity index (χ1n) is 7.31. The van der Waals surface area contributed by atoms with Gasteiger partial charge in [-0.25, -0.2) is 15.6 Å². The molecular formula is C13H18N6O3. The Hall–Kier alpha value is -2.42. The van der Waals surface area contributed by atoms with Gasteiger partial charge in [0.15, 0.2) is 0 Å². The number of fused-ring (bicyclic) bond motifs is 3. The molecule has 118 valence electrons. The molecule has 22 heavy (non-hydrogen) atoms. The number of carbonyl (C=O) groups is 2. The zero-order valence-electron chi connectivity index (χ0n) is 12.3. The first-order chi connectivity index (χ1) is 10.6. The van der Waals surface area contributed by atoms with E-state index in [-0.39, 0.29) is 23.7 Å². The molecule has 0 aromatic carbocycles. The van der Waals surface area contributed by atoms with Gasteiger partial charge in [-0.1, -0.05) is 0 Å². The number of piperidine rings is 1. The maximum absolute atomic E-state index is 12.6. The lowest BCUT2D eigenvalue weighted by Crippen LogP contribution is -2.53. The summed E-state index contributed by atoms with van der Waals surface area (Å²) < 4.78 is 0. The average molecular weight is 306 g/mol. The van der Waals surface area contributed by atoms with Gasteiger partial charge in [-0.3, -0.25) is 19.9 Å². The second kappa shape index (κ2) is 5.41. The molecular weight excluding hydrogens is 288 g/mol. The van der Waals surface area contributed by atoms with Crippen LogP contribution < -0.4 is 21.7 Å². The highest BCUT2D eigenvalue weighted by Gasteiger charge is 2.41. The van der Waals surface area contributed by atoms with Crippen molar-refractivity contribution in [2.45, 2.75) is 32.2 Å². The molecule has 0 radical (unpaired) electrons. The number of hydrazine groups is 1. The molecule has 1 saturated heterocycles. The number of nitrogens with one attached hydrogen (secondary N) is 2. The summed E-state index contributed by atoms with van der Waals surface area (Å²) >= 11 is 0. The van der Waals surface area contributed by atoms with Crippen LogP contribution >= 0.6 is 0 Å². The molecule has 3 amide bonds. The van der Waals surface area contributed by atoms with E-state index in [1.165, 1.54) is 4.90 Å². The van der Waals surface area contributed by atoms with Gasteiger partial charge in [0.05, 0.1) is 11.6 Å². The van der Waals surface area contributed by atoms with E-state index in [0.717, 1.165) is 19.3 Å². The largest absolute Gasteiger partial charge is 0.326 e.